The lowest BCUT2D eigenvalue weighted by Crippen LogP contribution is -1.97. The summed E-state index contributed by atoms with van der Waals surface area (Å²) in [6.07, 6.45) is 0.0833. The fourth-order valence-electron chi connectivity index (χ4n) is 2.93. The molecule has 6 heteroatoms. The summed E-state index contributed by atoms with van der Waals surface area (Å²) in [4.78, 5) is 20.1. The monoisotopic (exact) mass is 536 g/mol. The van der Waals surface area contributed by atoms with Gasteiger partial charge in [0, 0.05) is 10.2 Å². The smallest absolute Gasteiger partial charge is 0.137 e. The first-order chi connectivity index (χ1) is 15.8. The minimum Gasteiger partial charge on any atom is -0.412 e. The van der Waals surface area contributed by atoms with Crippen LogP contribution in [0.5, 0.6) is 0 Å². The first-order valence-corrected chi connectivity index (χ1v) is 11.4. The molecule has 0 spiro atoms. The van der Waals surface area contributed by atoms with Gasteiger partial charge in [0.1, 0.15) is 11.6 Å². The van der Waals surface area contributed by atoms with Crippen LogP contribution in [0.3, 0.4) is 0 Å². The SMILES string of the molecule is Brc1ccc(-c2ccccc2)cc1.CC(=O)CC(C)=O.N.Nc1ccc(-c2ccccc2)cc1.O. The van der Waals surface area contributed by atoms with Gasteiger partial charge >= 0.3 is 0 Å². The number of ketones is 2. The van der Waals surface area contributed by atoms with E-state index >= 15 is 0 Å². The molecule has 0 bridgehead atoms. The summed E-state index contributed by atoms with van der Waals surface area (Å²) in [5.41, 5.74) is 11.4. The number of hydrogen-bond acceptors (Lipinski definition) is 4. The van der Waals surface area contributed by atoms with Crippen molar-refractivity contribution in [3.8, 4) is 22.3 Å². The number of hydrogen-bond donors (Lipinski definition) is 2. The van der Waals surface area contributed by atoms with Gasteiger partial charge in [0.05, 0.1) is 6.42 Å². The fraction of sp³-hybridized carbons (Fsp3) is 0.103. The molecule has 0 heterocycles. The third-order valence-corrected chi connectivity index (χ3v) is 5.00. The normalized spacial score (nSPS) is 9.00. The molecule has 4 aromatic rings. The van der Waals surface area contributed by atoms with Crippen molar-refractivity contribution in [1.82, 2.24) is 6.15 Å². The van der Waals surface area contributed by atoms with E-state index in [0.717, 1.165) is 10.2 Å². The van der Waals surface area contributed by atoms with Gasteiger partial charge in [-0.05, 0) is 60.4 Å². The molecular weight excluding hydrogens is 504 g/mol. The maximum atomic E-state index is 10.0. The van der Waals surface area contributed by atoms with Gasteiger partial charge in [-0.1, -0.05) is 101 Å². The van der Waals surface area contributed by atoms with Gasteiger partial charge in [-0.25, -0.2) is 0 Å². The number of benzene rings is 4. The van der Waals surface area contributed by atoms with E-state index < -0.39 is 0 Å². The van der Waals surface area contributed by atoms with Crippen LogP contribution >= 0.6 is 15.9 Å². The van der Waals surface area contributed by atoms with Crippen LogP contribution in [-0.4, -0.2) is 17.0 Å². The fourth-order valence-corrected chi connectivity index (χ4v) is 3.19. The van der Waals surface area contributed by atoms with Crippen LogP contribution in [0.1, 0.15) is 20.3 Å². The molecule has 0 aliphatic heterocycles. The molecule has 0 aliphatic carbocycles. The minimum atomic E-state index is -0.0625. The maximum Gasteiger partial charge on any atom is 0.137 e. The lowest BCUT2D eigenvalue weighted by molar-refractivity contribution is -0.124. The summed E-state index contributed by atoms with van der Waals surface area (Å²) in [6.45, 7) is 2.81. The van der Waals surface area contributed by atoms with Crippen molar-refractivity contribution in [2.45, 2.75) is 20.3 Å². The number of rotatable bonds is 4. The largest absolute Gasteiger partial charge is 0.412 e. The van der Waals surface area contributed by atoms with Crippen molar-refractivity contribution in [1.29, 1.82) is 0 Å². The van der Waals surface area contributed by atoms with Gasteiger partial charge in [-0.15, -0.1) is 0 Å². The number of nitrogens with two attached hydrogens (primary N) is 1. The number of anilines is 1. The second-order valence-corrected chi connectivity index (χ2v) is 8.36. The summed E-state index contributed by atoms with van der Waals surface area (Å²) < 4.78 is 1.12. The zero-order chi connectivity index (χ0) is 24.1. The number of halogens is 1. The van der Waals surface area contributed by atoms with Crippen molar-refractivity contribution in [2.75, 3.05) is 5.73 Å². The highest BCUT2D eigenvalue weighted by atomic mass is 79.9. The quantitative estimate of drug-likeness (QED) is 0.216. The van der Waals surface area contributed by atoms with E-state index in [1.807, 2.05) is 48.5 Å². The Bertz CT molecular complexity index is 1040. The topological polar surface area (TPSA) is 127 Å². The molecule has 0 aliphatic rings. The first kappa shape index (κ1) is 31.4. The molecule has 0 amide bonds. The Morgan fingerprint density at radius 1 is 0.600 bits per heavy atom. The Morgan fingerprint density at radius 3 is 1.23 bits per heavy atom. The summed E-state index contributed by atoms with van der Waals surface area (Å²) in [6, 6.07) is 36.9. The van der Waals surface area contributed by atoms with Gasteiger partial charge in [-0.2, -0.15) is 0 Å². The lowest BCUT2D eigenvalue weighted by Gasteiger charge is -2.00. The highest BCUT2D eigenvalue weighted by molar-refractivity contribution is 9.10. The zero-order valence-electron chi connectivity index (χ0n) is 20.1. The Morgan fingerprint density at radius 2 is 0.914 bits per heavy atom. The highest BCUT2D eigenvalue weighted by Crippen LogP contribution is 2.21. The van der Waals surface area contributed by atoms with Crippen molar-refractivity contribution in [2.24, 2.45) is 0 Å². The average Bonchev–Trinajstić information content (AvgIpc) is 2.81. The van der Waals surface area contributed by atoms with Gasteiger partial charge in [0.2, 0.25) is 0 Å². The Labute approximate surface area is 216 Å². The van der Waals surface area contributed by atoms with E-state index in [1.165, 1.54) is 36.1 Å². The molecule has 7 N–H and O–H groups in total. The standard InChI is InChI=1S/C12H9Br.C12H11N.C5H8O2.H3N.H2O/c2*13-12-8-6-11(7-9-12)10-4-2-1-3-5-10;1-4(6)3-5(2)7;;/h1-9H;1-9H,13H2;3H2,1-2H3;1H3;1H2. The van der Waals surface area contributed by atoms with Crippen molar-refractivity contribution < 1.29 is 15.1 Å². The Hall–Kier alpha value is -3.58. The third kappa shape index (κ3) is 12.5. The number of Topliss-reactive ketones (excluding diaryl/α,β-unsaturated/α-hetero) is 2. The van der Waals surface area contributed by atoms with Crippen molar-refractivity contribution >= 4 is 33.2 Å². The zero-order valence-corrected chi connectivity index (χ0v) is 21.7. The Kier molecular flexibility index (Phi) is 15.2. The molecule has 4 aromatic carbocycles. The second-order valence-electron chi connectivity index (χ2n) is 7.44. The van der Waals surface area contributed by atoms with E-state index in [1.54, 1.807) is 0 Å². The van der Waals surface area contributed by atoms with Crippen molar-refractivity contribution in [3.63, 3.8) is 0 Å². The first-order valence-electron chi connectivity index (χ1n) is 10.6. The predicted octanol–water partition coefficient (Wildman–Crippen LogP) is 6.94. The van der Waals surface area contributed by atoms with E-state index in [9.17, 15) is 9.59 Å². The van der Waals surface area contributed by atoms with Crippen LogP contribution in [0.15, 0.2) is 114 Å². The van der Waals surface area contributed by atoms with Crippen LogP contribution in [0.2, 0.25) is 0 Å². The maximum absolute atomic E-state index is 10.0. The highest BCUT2D eigenvalue weighted by Gasteiger charge is 1.96. The summed E-state index contributed by atoms with van der Waals surface area (Å²) >= 11 is 3.42. The van der Waals surface area contributed by atoms with Gasteiger partial charge in [0.15, 0.2) is 0 Å². The third-order valence-electron chi connectivity index (χ3n) is 4.47. The van der Waals surface area contributed by atoms with E-state index in [-0.39, 0.29) is 29.6 Å². The molecule has 0 aromatic heterocycles. The Balaban J connectivity index is 0.000000506. The van der Waals surface area contributed by atoms with Crippen LogP contribution in [0, 0.1) is 0 Å². The van der Waals surface area contributed by atoms with Gasteiger partial charge < -0.3 is 17.4 Å². The molecule has 0 fully saturated rings. The number of nitrogen functional groups attached to an aromatic ring is 1. The molecule has 0 saturated heterocycles. The molecular formula is C29H33BrN2O3. The molecule has 0 atom stereocenters. The van der Waals surface area contributed by atoms with Crippen LogP contribution in [0.25, 0.3) is 22.3 Å². The molecule has 35 heavy (non-hydrogen) atoms. The summed E-state index contributed by atoms with van der Waals surface area (Å²) in [7, 11) is 0. The lowest BCUT2D eigenvalue weighted by atomic mass is 10.1. The number of carbonyl (C=O) groups is 2. The predicted molar refractivity (Wildman–Crippen MR) is 150 cm³/mol. The van der Waals surface area contributed by atoms with Crippen LogP contribution < -0.4 is 11.9 Å². The van der Waals surface area contributed by atoms with Crippen molar-refractivity contribution in [3.05, 3.63) is 114 Å². The molecule has 0 saturated carbocycles. The van der Waals surface area contributed by atoms with Crippen LogP contribution in [0.4, 0.5) is 5.69 Å². The molecule has 5 nitrogen and oxygen atoms in total. The van der Waals surface area contributed by atoms with E-state index in [2.05, 4.69) is 76.6 Å². The van der Waals surface area contributed by atoms with E-state index in [0.29, 0.717) is 0 Å². The second kappa shape index (κ2) is 16.9. The average molecular weight is 537 g/mol. The minimum absolute atomic E-state index is 0. The molecule has 0 unspecified atom stereocenters. The van der Waals surface area contributed by atoms with Gasteiger partial charge in [0.25, 0.3) is 0 Å². The van der Waals surface area contributed by atoms with Gasteiger partial charge in [-0.3, -0.25) is 9.59 Å². The molecule has 4 rings (SSSR count). The summed E-state index contributed by atoms with van der Waals surface area (Å²) in [5.74, 6) is -0.125. The summed E-state index contributed by atoms with van der Waals surface area (Å²) in [5, 5.41) is 0. The molecule has 0 radical (unpaired) electrons. The van der Waals surface area contributed by atoms with E-state index in [4.69, 9.17) is 5.73 Å². The molecule has 184 valence electrons. The van der Waals surface area contributed by atoms with Crippen LogP contribution in [-0.2, 0) is 9.59 Å². The number of carbonyl (C=O) groups excluding carboxylic acids is 2.